The van der Waals surface area contributed by atoms with Gasteiger partial charge in [0.15, 0.2) is 5.82 Å². The van der Waals surface area contributed by atoms with Crippen molar-refractivity contribution in [3.05, 3.63) is 39.9 Å². The van der Waals surface area contributed by atoms with E-state index in [1.807, 2.05) is 41.9 Å². The summed E-state index contributed by atoms with van der Waals surface area (Å²) in [7, 11) is 0. The van der Waals surface area contributed by atoms with Crippen molar-refractivity contribution in [3.8, 4) is 11.5 Å². The largest absolute Gasteiger partial charge is 0.369 e. The standard InChI is InChI=1S/C14H14IN5/c1-3-16-14-12(15)9(2)17-13(19-14)10-8-20-7-5-4-6-11(20)18-10/h4-8H,3H2,1-2H3,(H,16,17,19). The first kappa shape index (κ1) is 13.3. The zero-order valence-electron chi connectivity index (χ0n) is 11.3. The summed E-state index contributed by atoms with van der Waals surface area (Å²) in [6.45, 7) is 4.87. The number of hydrogen-bond donors (Lipinski definition) is 1. The average molecular weight is 379 g/mol. The van der Waals surface area contributed by atoms with Crippen LogP contribution in [0.1, 0.15) is 12.6 Å². The van der Waals surface area contributed by atoms with Gasteiger partial charge in [-0.25, -0.2) is 15.0 Å². The fourth-order valence-corrected chi connectivity index (χ4v) is 2.43. The van der Waals surface area contributed by atoms with Crippen LogP contribution >= 0.6 is 22.6 Å². The zero-order valence-corrected chi connectivity index (χ0v) is 13.4. The molecule has 0 radical (unpaired) electrons. The van der Waals surface area contributed by atoms with E-state index in [0.717, 1.165) is 33.0 Å². The summed E-state index contributed by atoms with van der Waals surface area (Å²) in [5.74, 6) is 1.52. The normalized spacial score (nSPS) is 10.9. The third-order valence-electron chi connectivity index (χ3n) is 2.95. The van der Waals surface area contributed by atoms with Gasteiger partial charge in [0.05, 0.1) is 9.26 Å². The average Bonchev–Trinajstić information content (AvgIpc) is 2.87. The summed E-state index contributed by atoms with van der Waals surface area (Å²) >= 11 is 2.27. The van der Waals surface area contributed by atoms with E-state index in [1.165, 1.54) is 0 Å². The van der Waals surface area contributed by atoms with Crippen molar-refractivity contribution >= 4 is 34.1 Å². The molecule has 0 amide bonds. The molecule has 3 aromatic heterocycles. The van der Waals surface area contributed by atoms with E-state index < -0.39 is 0 Å². The minimum atomic E-state index is 0.655. The van der Waals surface area contributed by atoms with Crippen LogP contribution in [0.2, 0.25) is 0 Å². The van der Waals surface area contributed by atoms with Crippen molar-refractivity contribution in [2.75, 3.05) is 11.9 Å². The topological polar surface area (TPSA) is 55.1 Å². The zero-order chi connectivity index (χ0) is 14.1. The van der Waals surface area contributed by atoms with Gasteiger partial charge in [-0.1, -0.05) is 6.07 Å². The molecular weight excluding hydrogens is 365 g/mol. The molecule has 0 saturated carbocycles. The highest BCUT2D eigenvalue weighted by atomic mass is 127. The maximum Gasteiger partial charge on any atom is 0.182 e. The Morgan fingerprint density at radius 2 is 2.10 bits per heavy atom. The van der Waals surface area contributed by atoms with E-state index in [1.54, 1.807) is 0 Å². The van der Waals surface area contributed by atoms with Crippen LogP contribution in [0.4, 0.5) is 5.82 Å². The highest BCUT2D eigenvalue weighted by molar-refractivity contribution is 14.1. The Balaban J connectivity index is 2.13. The van der Waals surface area contributed by atoms with Gasteiger partial charge >= 0.3 is 0 Å². The predicted molar refractivity (Wildman–Crippen MR) is 87.8 cm³/mol. The molecule has 0 bridgehead atoms. The van der Waals surface area contributed by atoms with Gasteiger partial charge < -0.3 is 9.72 Å². The Kier molecular flexibility index (Phi) is 3.56. The maximum atomic E-state index is 4.58. The predicted octanol–water partition coefficient (Wildman–Crippen LogP) is 3.14. The van der Waals surface area contributed by atoms with Gasteiger partial charge in [-0.2, -0.15) is 0 Å². The number of aromatic nitrogens is 4. The lowest BCUT2D eigenvalue weighted by atomic mass is 10.3. The molecule has 20 heavy (non-hydrogen) atoms. The molecule has 0 spiro atoms. The molecule has 0 aliphatic rings. The monoisotopic (exact) mass is 379 g/mol. The number of anilines is 1. The summed E-state index contributed by atoms with van der Waals surface area (Å²) in [4.78, 5) is 13.7. The first-order chi connectivity index (χ1) is 9.69. The van der Waals surface area contributed by atoms with Crippen molar-refractivity contribution < 1.29 is 0 Å². The van der Waals surface area contributed by atoms with Crippen molar-refractivity contribution in [1.82, 2.24) is 19.4 Å². The number of rotatable bonds is 3. The minimum Gasteiger partial charge on any atom is -0.369 e. The fourth-order valence-electron chi connectivity index (χ4n) is 2.00. The number of hydrogen-bond acceptors (Lipinski definition) is 4. The summed E-state index contributed by atoms with van der Waals surface area (Å²) in [5.41, 5.74) is 2.64. The van der Waals surface area contributed by atoms with Crippen molar-refractivity contribution in [3.63, 3.8) is 0 Å². The summed E-state index contributed by atoms with van der Waals surface area (Å²) in [6, 6.07) is 5.91. The lowest BCUT2D eigenvalue weighted by molar-refractivity contribution is 1.05. The van der Waals surface area contributed by atoms with Gasteiger partial charge in [0.1, 0.15) is 17.2 Å². The van der Waals surface area contributed by atoms with E-state index >= 15 is 0 Å². The number of nitrogens with zero attached hydrogens (tertiary/aromatic N) is 4. The number of pyridine rings is 1. The fraction of sp³-hybridized carbons (Fsp3) is 0.214. The Hall–Kier alpha value is -1.70. The molecule has 5 nitrogen and oxygen atoms in total. The Morgan fingerprint density at radius 1 is 1.25 bits per heavy atom. The quantitative estimate of drug-likeness (QED) is 0.711. The van der Waals surface area contributed by atoms with E-state index in [-0.39, 0.29) is 0 Å². The van der Waals surface area contributed by atoms with E-state index in [0.29, 0.717) is 5.82 Å². The summed E-state index contributed by atoms with van der Waals surface area (Å²) < 4.78 is 3.02. The highest BCUT2D eigenvalue weighted by Crippen LogP contribution is 2.23. The molecule has 0 atom stereocenters. The molecule has 0 aromatic carbocycles. The molecule has 0 unspecified atom stereocenters. The van der Waals surface area contributed by atoms with Crippen molar-refractivity contribution in [2.45, 2.75) is 13.8 Å². The smallest absolute Gasteiger partial charge is 0.182 e. The summed E-state index contributed by atoms with van der Waals surface area (Å²) in [5, 5.41) is 3.27. The molecular formula is C14H14IN5. The van der Waals surface area contributed by atoms with Crippen LogP contribution in [-0.4, -0.2) is 25.9 Å². The third kappa shape index (κ3) is 2.35. The Labute approximate surface area is 130 Å². The first-order valence-electron chi connectivity index (χ1n) is 6.41. The van der Waals surface area contributed by atoms with Crippen LogP contribution in [0.5, 0.6) is 0 Å². The van der Waals surface area contributed by atoms with Gasteiger partial charge in [0, 0.05) is 18.9 Å². The maximum absolute atomic E-state index is 4.58. The number of halogens is 1. The van der Waals surface area contributed by atoms with Crippen LogP contribution in [-0.2, 0) is 0 Å². The number of fused-ring (bicyclic) bond motifs is 1. The lowest BCUT2D eigenvalue weighted by Crippen LogP contribution is -2.06. The van der Waals surface area contributed by atoms with Crippen molar-refractivity contribution in [1.29, 1.82) is 0 Å². The van der Waals surface area contributed by atoms with Crippen LogP contribution in [0.25, 0.3) is 17.2 Å². The van der Waals surface area contributed by atoms with Gasteiger partial charge in [-0.05, 0) is 48.6 Å². The molecule has 1 N–H and O–H groups in total. The van der Waals surface area contributed by atoms with Gasteiger partial charge in [0.2, 0.25) is 0 Å². The van der Waals surface area contributed by atoms with Gasteiger partial charge in [-0.15, -0.1) is 0 Å². The molecule has 0 saturated heterocycles. The SMILES string of the molecule is CCNc1nc(-c2cn3ccccc3n2)nc(C)c1I. The van der Waals surface area contributed by atoms with Crippen LogP contribution in [0, 0.1) is 10.5 Å². The second-order valence-electron chi connectivity index (χ2n) is 4.42. The van der Waals surface area contributed by atoms with Crippen LogP contribution < -0.4 is 5.32 Å². The molecule has 0 aliphatic heterocycles. The van der Waals surface area contributed by atoms with Crippen molar-refractivity contribution in [2.24, 2.45) is 0 Å². The minimum absolute atomic E-state index is 0.655. The third-order valence-corrected chi connectivity index (χ3v) is 4.25. The number of aryl methyl sites for hydroxylation is 1. The number of nitrogens with one attached hydrogen (secondary N) is 1. The van der Waals surface area contributed by atoms with Gasteiger partial charge in [0.25, 0.3) is 0 Å². The second kappa shape index (κ2) is 5.35. The molecule has 0 aliphatic carbocycles. The molecule has 6 heteroatoms. The number of imidazole rings is 1. The van der Waals surface area contributed by atoms with Crippen LogP contribution in [0.15, 0.2) is 30.6 Å². The molecule has 3 rings (SSSR count). The van der Waals surface area contributed by atoms with E-state index in [9.17, 15) is 0 Å². The first-order valence-corrected chi connectivity index (χ1v) is 7.49. The lowest BCUT2D eigenvalue weighted by Gasteiger charge is -2.08. The van der Waals surface area contributed by atoms with E-state index in [2.05, 4.69) is 49.8 Å². The molecule has 102 valence electrons. The van der Waals surface area contributed by atoms with Gasteiger partial charge in [-0.3, -0.25) is 0 Å². The molecule has 3 aromatic rings. The highest BCUT2D eigenvalue weighted by Gasteiger charge is 2.12. The second-order valence-corrected chi connectivity index (χ2v) is 5.50. The summed E-state index contributed by atoms with van der Waals surface area (Å²) in [6.07, 6.45) is 3.92. The molecule has 3 heterocycles. The molecule has 0 fully saturated rings. The Morgan fingerprint density at radius 3 is 2.85 bits per heavy atom. The van der Waals surface area contributed by atoms with Crippen LogP contribution in [0.3, 0.4) is 0 Å². The van der Waals surface area contributed by atoms with E-state index in [4.69, 9.17) is 0 Å². The Bertz CT molecular complexity index is 732.